The minimum Gasteiger partial charge on any atom is -0.289 e. The van der Waals surface area contributed by atoms with Crippen molar-refractivity contribution < 1.29 is 9.42 Å². The Bertz CT molecular complexity index is 248. The first kappa shape index (κ1) is 9.86. The number of nitrogens with two attached hydrogens (primary N) is 1. The lowest BCUT2D eigenvalue weighted by Gasteiger charge is -1.90. The van der Waals surface area contributed by atoms with E-state index in [-0.39, 0.29) is 18.1 Å². The summed E-state index contributed by atoms with van der Waals surface area (Å²) in [4.78, 5) is 10.7. The maximum absolute atomic E-state index is 10.7. The second kappa shape index (κ2) is 3.89. The van der Waals surface area contributed by atoms with Crippen molar-refractivity contribution in [1.82, 2.24) is 15.7 Å². The third-order valence-corrected chi connectivity index (χ3v) is 0.999. The van der Waals surface area contributed by atoms with Gasteiger partial charge < -0.3 is 0 Å². The van der Waals surface area contributed by atoms with Crippen molar-refractivity contribution in [2.24, 2.45) is 5.84 Å². The first-order valence-corrected chi connectivity index (χ1v) is 2.56. The number of nitrogens with zero attached hydrogens (tertiary/aromatic N) is 2. The molecule has 0 bridgehead atoms. The van der Waals surface area contributed by atoms with E-state index in [0.717, 1.165) is 0 Å². The van der Waals surface area contributed by atoms with E-state index in [9.17, 15) is 4.79 Å². The van der Waals surface area contributed by atoms with Crippen molar-refractivity contribution in [3.63, 3.8) is 0 Å². The van der Waals surface area contributed by atoms with Crippen molar-refractivity contribution in [3.8, 4) is 0 Å². The summed E-state index contributed by atoms with van der Waals surface area (Å²) in [6.45, 7) is 1.60. The largest absolute Gasteiger partial charge is 0.289 e. The molecule has 0 unspecified atom stereocenters. The zero-order valence-electron chi connectivity index (χ0n) is 5.70. The summed E-state index contributed by atoms with van der Waals surface area (Å²) in [5, 5.41) is 6.69. The van der Waals surface area contributed by atoms with Crippen LogP contribution in [-0.2, 0) is 0 Å². The zero-order valence-corrected chi connectivity index (χ0v) is 6.51. The fraction of sp³-hybridized carbons (Fsp3) is 0.250. The molecule has 0 aliphatic heterocycles. The van der Waals surface area contributed by atoms with Crippen LogP contribution >= 0.6 is 12.4 Å². The van der Waals surface area contributed by atoms with Crippen molar-refractivity contribution >= 4 is 18.3 Å². The SMILES string of the molecule is Cc1nonc1C(=O)NN.Cl. The highest BCUT2D eigenvalue weighted by Gasteiger charge is 2.12. The van der Waals surface area contributed by atoms with Gasteiger partial charge in [0, 0.05) is 0 Å². The molecule has 6 nitrogen and oxygen atoms in total. The second-order valence-electron chi connectivity index (χ2n) is 1.67. The molecular formula is C4H7ClN4O2. The van der Waals surface area contributed by atoms with Crippen LogP contribution in [0.3, 0.4) is 0 Å². The molecule has 1 heterocycles. The lowest BCUT2D eigenvalue weighted by Crippen LogP contribution is -2.30. The maximum atomic E-state index is 10.7. The molecule has 0 spiro atoms. The molecule has 1 aromatic heterocycles. The fourth-order valence-corrected chi connectivity index (χ4v) is 0.506. The van der Waals surface area contributed by atoms with Gasteiger partial charge in [0.1, 0.15) is 5.69 Å². The van der Waals surface area contributed by atoms with Gasteiger partial charge in [0.2, 0.25) is 0 Å². The molecule has 0 radical (unpaired) electrons. The summed E-state index contributed by atoms with van der Waals surface area (Å²) < 4.78 is 4.25. The number of hydrogen-bond donors (Lipinski definition) is 2. The molecule has 1 aromatic rings. The quantitative estimate of drug-likeness (QED) is 0.340. The fourth-order valence-electron chi connectivity index (χ4n) is 0.506. The monoisotopic (exact) mass is 178 g/mol. The van der Waals surface area contributed by atoms with Crippen LogP contribution in [0.4, 0.5) is 0 Å². The van der Waals surface area contributed by atoms with Crippen molar-refractivity contribution in [2.75, 3.05) is 0 Å². The number of aromatic nitrogens is 2. The van der Waals surface area contributed by atoms with E-state index in [1.807, 2.05) is 5.43 Å². The minimum absolute atomic E-state index is 0. The van der Waals surface area contributed by atoms with Gasteiger partial charge in [0.05, 0.1) is 0 Å². The normalized spacial score (nSPS) is 8.55. The molecule has 1 amide bonds. The van der Waals surface area contributed by atoms with E-state index in [2.05, 4.69) is 14.9 Å². The average molecular weight is 179 g/mol. The number of halogens is 1. The van der Waals surface area contributed by atoms with Gasteiger partial charge in [-0.2, -0.15) is 0 Å². The summed E-state index contributed by atoms with van der Waals surface area (Å²) in [7, 11) is 0. The van der Waals surface area contributed by atoms with Gasteiger partial charge in [-0.05, 0) is 12.1 Å². The molecule has 0 aliphatic carbocycles. The Morgan fingerprint density at radius 3 is 2.64 bits per heavy atom. The zero-order chi connectivity index (χ0) is 7.56. The lowest BCUT2D eigenvalue weighted by molar-refractivity contribution is 0.0943. The van der Waals surface area contributed by atoms with Gasteiger partial charge >= 0.3 is 0 Å². The van der Waals surface area contributed by atoms with Crippen LogP contribution in [0.2, 0.25) is 0 Å². The minimum atomic E-state index is -0.501. The first-order valence-electron chi connectivity index (χ1n) is 2.56. The van der Waals surface area contributed by atoms with Crippen LogP contribution in [0, 0.1) is 6.92 Å². The summed E-state index contributed by atoms with van der Waals surface area (Å²) in [5.41, 5.74) is 2.44. The Kier molecular flexibility index (Phi) is 3.49. The van der Waals surface area contributed by atoms with E-state index in [1.54, 1.807) is 6.92 Å². The van der Waals surface area contributed by atoms with Crippen molar-refractivity contribution in [2.45, 2.75) is 6.92 Å². The smallest absolute Gasteiger partial charge is 0.289 e. The van der Waals surface area contributed by atoms with Crippen LogP contribution in [0.5, 0.6) is 0 Å². The van der Waals surface area contributed by atoms with E-state index < -0.39 is 5.91 Å². The van der Waals surface area contributed by atoms with Gasteiger partial charge in [0.15, 0.2) is 5.69 Å². The topological polar surface area (TPSA) is 94.0 Å². The number of rotatable bonds is 1. The highest BCUT2D eigenvalue weighted by Crippen LogP contribution is 1.97. The molecule has 0 saturated carbocycles. The van der Waals surface area contributed by atoms with Crippen molar-refractivity contribution in [3.05, 3.63) is 11.4 Å². The summed E-state index contributed by atoms with van der Waals surface area (Å²) in [5.74, 6) is 4.32. The molecule has 0 aliphatic rings. The van der Waals surface area contributed by atoms with Crippen LogP contribution < -0.4 is 11.3 Å². The van der Waals surface area contributed by atoms with Crippen LogP contribution in [0.15, 0.2) is 4.63 Å². The number of hydrogen-bond acceptors (Lipinski definition) is 5. The lowest BCUT2D eigenvalue weighted by atomic mass is 10.3. The number of nitrogens with one attached hydrogen (secondary N) is 1. The van der Waals surface area contributed by atoms with Gasteiger partial charge in [-0.15, -0.1) is 12.4 Å². The summed E-state index contributed by atoms with van der Waals surface area (Å²) >= 11 is 0. The number of carbonyl (C=O) groups is 1. The van der Waals surface area contributed by atoms with E-state index in [4.69, 9.17) is 5.84 Å². The van der Waals surface area contributed by atoms with Crippen LogP contribution in [0.1, 0.15) is 16.2 Å². The Morgan fingerprint density at radius 2 is 2.27 bits per heavy atom. The van der Waals surface area contributed by atoms with Crippen LogP contribution in [0.25, 0.3) is 0 Å². The number of aryl methyl sites for hydroxylation is 1. The molecule has 7 heteroatoms. The van der Waals surface area contributed by atoms with E-state index in [0.29, 0.717) is 5.69 Å². The van der Waals surface area contributed by atoms with Gasteiger partial charge in [-0.1, -0.05) is 5.16 Å². The third kappa shape index (κ3) is 1.89. The summed E-state index contributed by atoms with van der Waals surface area (Å²) in [6, 6.07) is 0. The Balaban J connectivity index is 0.000001000. The molecule has 3 N–H and O–H groups in total. The van der Waals surface area contributed by atoms with Crippen molar-refractivity contribution in [1.29, 1.82) is 0 Å². The first-order chi connectivity index (χ1) is 4.75. The maximum Gasteiger partial charge on any atom is 0.289 e. The standard InChI is InChI=1S/C4H6N4O2.ClH/c1-2-3(4(9)6-5)8-10-7-2;/h5H2,1H3,(H,6,9);1H. The molecule has 1 rings (SSSR count). The van der Waals surface area contributed by atoms with Crippen LogP contribution in [-0.4, -0.2) is 16.2 Å². The number of amides is 1. The van der Waals surface area contributed by atoms with E-state index in [1.165, 1.54) is 0 Å². The second-order valence-corrected chi connectivity index (χ2v) is 1.67. The number of carbonyl (C=O) groups excluding carboxylic acids is 1. The Morgan fingerprint density at radius 1 is 1.64 bits per heavy atom. The third-order valence-electron chi connectivity index (χ3n) is 0.999. The molecular weight excluding hydrogens is 172 g/mol. The molecule has 11 heavy (non-hydrogen) atoms. The predicted molar refractivity (Wildman–Crippen MR) is 37.9 cm³/mol. The average Bonchev–Trinajstić information content (AvgIpc) is 2.34. The highest BCUT2D eigenvalue weighted by atomic mass is 35.5. The van der Waals surface area contributed by atoms with Gasteiger partial charge in [-0.25, -0.2) is 10.5 Å². The number of nitrogen functional groups attached to an aromatic ring is 1. The molecule has 0 saturated heterocycles. The Labute approximate surface area is 68.5 Å². The molecule has 0 fully saturated rings. The highest BCUT2D eigenvalue weighted by molar-refractivity contribution is 5.92. The summed E-state index contributed by atoms with van der Waals surface area (Å²) in [6.07, 6.45) is 0. The van der Waals surface area contributed by atoms with E-state index >= 15 is 0 Å². The molecule has 62 valence electrons. The molecule has 0 atom stereocenters. The number of hydrazine groups is 1. The molecule has 0 aromatic carbocycles. The van der Waals surface area contributed by atoms with Gasteiger partial charge in [0.25, 0.3) is 5.91 Å². The van der Waals surface area contributed by atoms with Gasteiger partial charge in [-0.3, -0.25) is 10.2 Å². The predicted octanol–water partition coefficient (Wildman–Crippen LogP) is -0.597. The Hall–Kier alpha value is -1.14.